The van der Waals surface area contributed by atoms with Crippen molar-refractivity contribution in [2.75, 3.05) is 13.2 Å². The molecule has 0 fully saturated rings. The number of furan rings is 1. The monoisotopic (exact) mass is 469 g/mol. The molecule has 0 saturated carbocycles. The smallest absolute Gasteiger partial charge is 0.244 e. The van der Waals surface area contributed by atoms with E-state index >= 15 is 0 Å². The standard InChI is InChI=1S/C30H31NO4/c1-5-33-24-13-11-23(12-14-24)27-19-35-29-17-28(34-6-2)25(16-26(27)29)21(4)15-30(32)31-18-22-9-7-20(3)8-10-22/h7-17,19H,5-6,18H2,1-4H3,(H,31,32)/b21-15+. The lowest BCUT2D eigenvalue weighted by Crippen LogP contribution is -2.20. The van der Waals surface area contributed by atoms with E-state index in [1.807, 2.05) is 88.4 Å². The average molecular weight is 470 g/mol. The molecule has 3 aromatic carbocycles. The lowest BCUT2D eigenvalue weighted by molar-refractivity contribution is -0.116. The third-order valence-corrected chi connectivity index (χ3v) is 5.81. The molecule has 0 unspecified atom stereocenters. The molecule has 180 valence electrons. The van der Waals surface area contributed by atoms with Gasteiger partial charge < -0.3 is 19.2 Å². The molecule has 1 heterocycles. The number of allylic oxidation sites excluding steroid dienone is 1. The van der Waals surface area contributed by atoms with Gasteiger partial charge in [0.15, 0.2) is 0 Å². The van der Waals surface area contributed by atoms with Crippen molar-refractivity contribution >= 4 is 22.4 Å². The number of ether oxygens (including phenoxy) is 2. The Hall–Kier alpha value is -3.99. The number of carbonyl (C=O) groups is 1. The molecule has 0 aliphatic heterocycles. The molecule has 0 atom stereocenters. The van der Waals surface area contributed by atoms with Crippen LogP contribution >= 0.6 is 0 Å². The van der Waals surface area contributed by atoms with Crippen molar-refractivity contribution in [1.29, 1.82) is 0 Å². The van der Waals surface area contributed by atoms with Gasteiger partial charge in [-0.1, -0.05) is 42.0 Å². The second kappa shape index (κ2) is 11.0. The van der Waals surface area contributed by atoms with Crippen LogP contribution in [0.1, 0.15) is 37.5 Å². The molecule has 4 rings (SSSR count). The highest BCUT2D eigenvalue weighted by molar-refractivity contribution is 6.00. The molecule has 1 aromatic heterocycles. The van der Waals surface area contributed by atoms with Gasteiger partial charge in [-0.15, -0.1) is 0 Å². The number of hydrogen-bond acceptors (Lipinski definition) is 4. The minimum atomic E-state index is -0.149. The van der Waals surface area contributed by atoms with Crippen LogP contribution in [0.4, 0.5) is 0 Å². The molecule has 0 radical (unpaired) electrons. The van der Waals surface area contributed by atoms with Gasteiger partial charge in [0, 0.05) is 35.2 Å². The molecule has 0 bridgehead atoms. The van der Waals surface area contributed by atoms with Crippen molar-refractivity contribution in [3.8, 4) is 22.6 Å². The van der Waals surface area contributed by atoms with Gasteiger partial charge in [-0.3, -0.25) is 4.79 Å². The number of carbonyl (C=O) groups excluding carboxylic acids is 1. The van der Waals surface area contributed by atoms with Crippen LogP contribution in [0.15, 0.2) is 77.4 Å². The highest BCUT2D eigenvalue weighted by Crippen LogP contribution is 2.38. The quantitative estimate of drug-likeness (QED) is 0.270. The van der Waals surface area contributed by atoms with E-state index in [2.05, 4.69) is 5.32 Å². The van der Waals surface area contributed by atoms with E-state index < -0.39 is 0 Å². The van der Waals surface area contributed by atoms with Crippen molar-refractivity contribution in [2.24, 2.45) is 0 Å². The van der Waals surface area contributed by atoms with Gasteiger partial charge in [0.25, 0.3) is 0 Å². The minimum Gasteiger partial charge on any atom is -0.494 e. The summed E-state index contributed by atoms with van der Waals surface area (Å²) in [5.41, 5.74) is 6.67. The largest absolute Gasteiger partial charge is 0.494 e. The fourth-order valence-electron chi connectivity index (χ4n) is 3.98. The number of hydrogen-bond donors (Lipinski definition) is 1. The van der Waals surface area contributed by atoms with Gasteiger partial charge in [0.2, 0.25) is 5.91 Å². The van der Waals surface area contributed by atoms with E-state index in [-0.39, 0.29) is 5.91 Å². The van der Waals surface area contributed by atoms with E-state index in [0.29, 0.717) is 25.5 Å². The first-order valence-electron chi connectivity index (χ1n) is 11.9. The lowest BCUT2D eigenvalue weighted by atomic mass is 9.99. The van der Waals surface area contributed by atoms with Crippen LogP contribution < -0.4 is 14.8 Å². The summed E-state index contributed by atoms with van der Waals surface area (Å²) in [6.07, 6.45) is 3.38. The fraction of sp³-hybridized carbons (Fsp3) is 0.233. The molecule has 0 saturated heterocycles. The van der Waals surface area contributed by atoms with Gasteiger partial charge >= 0.3 is 0 Å². The van der Waals surface area contributed by atoms with Crippen molar-refractivity contribution < 1.29 is 18.7 Å². The van der Waals surface area contributed by atoms with Crippen LogP contribution in [0.25, 0.3) is 27.7 Å². The maximum absolute atomic E-state index is 12.7. The molecule has 4 aromatic rings. The molecule has 0 aliphatic rings. The summed E-state index contributed by atoms with van der Waals surface area (Å²) < 4.78 is 17.3. The molecule has 1 amide bonds. The second-order valence-corrected chi connectivity index (χ2v) is 8.42. The number of benzene rings is 3. The van der Waals surface area contributed by atoms with Gasteiger partial charge in [-0.25, -0.2) is 0 Å². The Morgan fingerprint density at radius 2 is 1.69 bits per heavy atom. The molecule has 0 spiro atoms. The first-order chi connectivity index (χ1) is 17.0. The van der Waals surface area contributed by atoms with Crippen LogP contribution in [0, 0.1) is 6.92 Å². The summed E-state index contributed by atoms with van der Waals surface area (Å²) in [4.78, 5) is 12.7. The van der Waals surface area contributed by atoms with Crippen LogP contribution in [-0.4, -0.2) is 19.1 Å². The Morgan fingerprint density at radius 3 is 2.37 bits per heavy atom. The molecule has 5 nitrogen and oxygen atoms in total. The lowest BCUT2D eigenvalue weighted by Gasteiger charge is -2.12. The fourth-order valence-corrected chi connectivity index (χ4v) is 3.98. The Morgan fingerprint density at radius 1 is 0.971 bits per heavy atom. The Kier molecular flexibility index (Phi) is 7.56. The zero-order valence-electron chi connectivity index (χ0n) is 20.7. The second-order valence-electron chi connectivity index (χ2n) is 8.42. The topological polar surface area (TPSA) is 60.7 Å². The number of rotatable bonds is 9. The summed E-state index contributed by atoms with van der Waals surface area (Å²) >= 11 is 0. The predicted molar refractivity (Wildman–Crippen MR) is 141 cm³/mol. The molecular formula is C30H31NO4. The number of amides is 1. The van der Waals surface area contributed by atoms with Crippen LogP contribution in [-0.2, 0) is 11.3 Å². The van der Waals surface area contributed by atoms with Gasteiger partial charge in [-0.05, 0) is 62.6 Å². The first kappa shape index (κ1) is 24.1. The maximum atomic E-state index is 12.7. The Balaban J connectivity index is 1.62. The summed E-state index contributed by atoms with van der Waals surface area (Å²) in [7, 11) is 0. The maximum Gasteiger partial charge on any atom is 0.244 e. The van der Waals surface area contributed by atoms with Gasteiger partial charge in [-0.2, -0.15) is 0 Å². The van der Waals surface area contributed by atoms with E-state index in [1.54, 1.807) is 12.3 Å². The molecule has 0 aliphatic carbocycles. The third-order valence-electron chi connectivity index (χ3n) is 5.81. The summed E-state index contributed by atoms with van der Waals surface area (Å²) in [6, 6.07) is 20.0. The van der Waals surface area contributed by atoms with E-state index in [9.17, 15) is 4.79 Å². The Labute approximate surface area is 206 Å². The van der Waals surface area contributed by atoms with Crippen molar-refractivity contribution in [3.63, 3.8) is 0 Å². The SMILES string of the molecule is CCOc1ccc(-c2coc3cc(OCC)c(/C(C)=C/C(=O)NCc4ccc(C)cc4)cc23)cc1. The van der Waals surface area contributed by atoms with E-state index in [0.717, 1.165) is 44.5 Å². The molecular weight excluding hydrogens is 438 g/mol. The third kappa shape index (κ3) is 5.75. The van der Waals surface area contributed by atoms with Crippen LogP contribution in [0.3, 0.4) is 0 Å². The van der Waals surface area contributed by atoms with Crippen LogP contribution in [0.2, 0.25) is 0 Å². The first-order valence-corrected chi connectivity index (χ1v) is 11.9. The molecule has 5 heteroatoms. The normalized spacial score (nSPS) is 11.5. The zero-order valence-corrected chi connectivity index (χ0v) is 20.7. The highest BCUT2D eigenvalue weighted by atomic mass is 16.5. The number of nitrogens with one attached hydrogen (secondary N) is 1. The van der Waals surface area contributed by atoms with E-state index in [4.69, 9.17) is 13.9 Å². The van der Waals surface area contributed by atoms with Crippen LogP contribution in [0.5, 0.6) is 11.5 Å². The zero-order chi connectivity index (χ0) is 24.8. The van der Waals surface area contributed by atoms with E-state index in [1.165, 1.54) is 5.56 Å². The average Bonchev–Trinajstić information content (AvgIpc) is 3.27. The summed E-state index contributed by atoms with van der Waals surface area (Å²) in [5.74, 6) is 1.37. The van der Waals surface area contributed by atoms with Gasteiger partial charge in [0.05, 0.1) is 19.5 Å². The Bertz CT molecular complexity index is 1330. The summed E-state index contributed by atoms with van der Waals surface area (Å²) in [6.45, 7) is 9.49. The minimum absolute atomic E-state index is 0.149. The number of fused-ring (bicyclic) bond motifs is 1. The van der Waals surface area contributed by atoms with Crippen molar-refractivity contribution in [3.05, 3.63) is 89.7 Å². The molecule has 1 N–H and O–H groups in total. The number of aryl methyl sites for hydroxylation is 1. The summed E-state index contributed by atoms with van der Waals surface area (Å²) in [5, 5.41) is 3.93. The molecule has 35 heavy (non-hydrogen) atoms. The predicted octanol–water partition coefficient (Wildman–Crippen LogP) is 6.93. The van der Waals surface area contributed by atoms with Crippen molar-refractivity contribution in [2.45, 2.75) is 34.2 Å². The van der Waals surface area contributed by atoms with Crippen molar-refractivity contribution in [1.82, 2.24) is 5.32 Å². The van der Waals surface area contributed by atoms with Gasteiger partial charge in [0.1, 0.15) is 17.1 Å². The highest BCUT2D eigenvalue weighted by Gasteiger charge is 2.15.